The highest BCUT2D eigenvalue weighted by molar-refractivity contribution is 7.98. The summed E-state index contributed by atoms with van der Waals surface area (Å²) in [5.74, 6) is 0.789. The normalized spacial score (nSPS) is 10.4. The lowest BCUT2D eigenvalue weighted by atomic mass is 10.5. The van der Waals surface area contributed by atoms with Gasteiger partial charge in [-0.2, -0.15) is 25.3 Å². The zero-order valence-electron chi connectivity index (χ0n) is 4.11. The predicted molar refractivity (Wildman–Crippen MR) is 39.4 cm³/mol. The lowest BCUT2D eigenvalue weighted by Gasteiger charge is -1.93. The van der Waals surface area contributed by atoms with Crippen LogP contribution in [-0.4, -0.2) is 0 Å². The third kappa shape index (κ3) is 1.23. The van der Waals surface area contributed by atoms with Crippen molar-refractivity contribution in [1.82, 2.24) is 0 Å². The van der Waals surface area contributed by atoms with Crippen LogP contribution in [0.4, 0.5) is 0 Å². The maximum absolute atomic E-state index is 4.94. The number of thiol groups is 2. The van der Waals surface area contributed by atoms with Crippen LogP contribution >= 0.6 is 25.3 Å². The van der Waals surface area contributed by atoms with Gasteiger partial charge in [-0.3, -0.25) is 0 Å². The Kier molecular flexibility index (Phi) is 1.91. The summed E-state index contributed by atoms with van der Waals surface area (Å²) < 4.78 is 4.85. The molecule has 44 valence electrons. The van der Waals surface area contributed by atoms with Crippen molar-refractivity contribution in [2.45, 2.75) is 4.58 Å². The molecule has 0 N–H and O–H groups in total. The molecule has 0 bridgehead atoms. The Morgan fingerprint density at radius 1 is 1.50 bits per heavy atom. The van der Waals surface area contributed by atoms with Crippen LogP contribution in [0.3, 0.4) is 0 Å². The minimum atomic E-state index is -0.0926. The zero-order chi connectivity index (χ0) is 5.98. The van der Waals surface area contributed by atoms with E-state index in [0.29, 0.717) is 0 Å². The summed E-state index contributed by atoms with van der Waals surface area (Å²) in [6.45, 7) is 0. The van der Waals surface area contributed by atoms with Gasteiger partial charge in [0.25, 0.3) is 0 Å². The van der Waals surface area contributed by atoms with Gasteiger partial charge in [0.15, 0.2) is 0 Å². The van der Waals surface area contributed by atoms with Crippen LogP contribution in [0.15, 0.2) is 22.8 Å². The van der Waals surface area contributed by atoms with Gasteiger partial charge in [-0.05, 0) is 12.1 Å². The summed E-state index contributed by atoms with van der Waals surface area (Å²) in [5, 5.41) is 0. The second-order valence-electron chi connectivity index (χ2n) is 1.39. The molecule has 1 aromatic rings. The van der Waals surface area contributed by atoms with Crippen molar-refractivity contribution in [3.05, 3.63) is 24.2 Å². The highest BCUT2D eigenvalue weighted by Crippen LogP contribution is 2.22. The van der Waals surface area contributed by atoms with Gasteiger partial charge in [0.2, 0.25) is 0 Å². The van der Waals surface area contributed by atoms with E-state index in [1.165, 1.54) is 0 Å². The van der Waals surface area contributed by atoms with Crippen LogP contribution in [0.5, 0.6) is 0 Å². The second kappa shape index (κ2) is 2.51. The van der Waals surface area contributed by atoms with Crippen LogP contribution in [0.1, 0.15) is 10.3 Å². The van der Waals surface area contributed by atoms with Crippen molar-refractivity contribution >= 4 is 25.3 Å². The topological polar surface area (TPSA) is 13.1 Å². The van der Waals surface area contributed by atoms with Crippen LogP contribution in [0, 0.1) is 0 Å². The molecule has 0 saturated heterocycles. The van der Waals surface area contributed by atoms with E-state index in [-0.39, 0.29) is 4.58 Å². The van der Waals surface area contributed by atoms with Gasteiger partial charge in [0.05, 0.1) is 6.26 Å². The Hall–Kier alpha value is -0.0200. The molecule has 0 spiro atoms. The molecule has 0 aromatic carbocycles. The molecule has 8 heavy (non-hydrogen) atoms. The maximum atomic E-state index is 4.94. The van der Waals surface area contributed by atoms with Crippen LogP contribution in [0.25, 0.3) is 0 Å². The average molecular weight is 146 g/mol. The van der Waals surface area contributed by atoms with Gasteiger partial charge in [-0.15, -0.1) is 0 Å². The highest BCUT2D eigenvalue weighted by atomic mass is 32.2. The number of rotatable bonds is 1. The van der Waals surface area contributed by atoms with Crippen molar-refractivity contribution in [1.29, 1.82) is 0 Å². The van der Waals surface area contributed by atoms with Gasteiger partial charge in [0, 0.05) is 0 Å². The Labute approximate surface area is 58.9 Å². The first-order valence-corrected chi connectivity index (χ1v) is 3.23. The highest BCUT2D eigenvalue weighted by Gasteiger charge is 1.99. The molecule has 0 saturated carbocycles. The Balaban J connectivity index is 2.77. The minimum Gasteiger partial charge on any atom is -0.467 e. The number of furan rings is 1. The van der Waals surface area contributed by atoms with Crippen molar-refractivity contribution in [3.8, 4) is 0 Å². The molecule has 1 rings (SSSR count). The van der Waals surface area contributed by atoms with Gasteiger partial charge in [0.1, 0.15) is 10.3 Å². The standard InChI is InChI=1S/C5H6OS2/c7-5(8)4-2-1-3-6-4/h1-3,5,7-8H. The lowest BCUT2D eigenvalue weighted by molar-refractivity contribution is 0.529. The summed E-state index contributed by atoms with van der Waals surface area (Å²) >= 11 is 8.05. The molecule has 0 aliphatic carbocycles. The molecule has 0 radical (unpaired) electrons. The molecule has 0 unspecified atom stereocenters. The van der Waals surface area contributed by atoms with E-state index in [1.54, 1.807) is 6.26 Å². The van der Waals surface area contributed by atoms with Gasteiger partial charge in [-0.25, -0.2) is 0 Å². The van der Waals surface area contributed by atoms with Gasteiger partial charge < -0.3 is 4.42 Å². The second-order valence-corrected chi connectivity index (χ2v) is 2.83. The summed E-state index contributed by atoms with van der Waals surface area (Å²) in [4.78, 5) is 0. The Bertz CT molecular complexity index is 145. The van der Waals surface area contributed by atoms with Gasteiger partial charge >= 0.3 is 0 Å². The zero-order valence-corrected chi connectivity index (χ0v) is 5.90. The first-order chi connectivity index (χ1) is 3.80. The molecule has 0 aliphatic rings. The molecule has 0 amide bonds. The Morgan fingerprint density at radius 3 is 2.50 bits per heavy atom. The monoisotopic (exact) mass is 146 g/mol. The predicted octanol–water partition coefficient (Wildman–Crippen LogP) is 2.14. The van der Waals surface area contributed by atoms with E-state index < -0.39 is 0 Å². The molecule has 1 aromatic heterocycles. The van der Waals surface area contributed by atoms with Crippen molar-refractivity contribution < 1.29 is 4.42 Å². The lowest BCUT2D eigenvalue weighted by Crippen LogP contribution is -1.71. The summed E-state index contributed by atoms with van der Waals surface area (Å²) in [5.41, 5.74) is 0. The van der Waals surface area contributed by atoms with Crippen LogP contribution in [0.2, 0.25) is 0 Å². The Morgan fingerprint density at radius 2 is 2.25 bits per heavy atom. The summed E-state index contributed by atoms with van der Waals surface area (Å²) in [6.07, 6.45) is 1.61. The van der Waals surface area contributed by atoms with E-state index in [2.05, 4.69) is 25.3 Å². The SMILES string of the molecule is SC(S)c1ccco1. The third-order valence-electron chi connectivity index (χ3n) is 0.798. The van der Waals surface area contributed by atoms with Crippen LogP contribution < -0.4 is 0 Å². The fourth-order valence-corrected chi connectivity index (χ4v) is 0.732. The van der Waals surface area contributed by atoms with E-state index >= 15 is 0 Å². The molecule has 0 aliphatic heterocycles. The molecule has 1 heterocycles. The van der Waals surface area contributed by atoms with E-state index in [9.17, 15) is 0 Å². The quantitative estimate of drug-likeness (QED) is 0.457. The first kappa shape index (κ1) is 6.11. The maximum Gasteiger partial charge on any atom is 0.126 e. The molecular weight excluding hydrogens is 140 g/mol. The molecule has 0 atom stereocenters. The number of hydrogen-bond acceptors (Lipinski definition) is 3. The number of hydrogen-bond donors (Lipinski definition) is 2. The molecule has 0 fully saturated rings. The van der Waals surface area contributed by atoms with E-state index in [1.807, 2.05) is 12.1 Å². The van der Waals surface area contributed by atoms with Crippen LogP contribution in [-0.2, 0) is 0 Å². The summed E-state index contributed by atoms with van der Waals surface area (Å²) in [7, 11) is 0. The van der Waals surface area contributed by atoms with Crippen molar-refractivity contribution in [2.75, 3.05) is 0 Å². The fourth-order valence-electron chi connectivity index (χ4n) is 0.438. The minimum absolute atomic E-state index is 0.0926. The third-order valence-corrected chi connectivity index (χ3v) is 1.31. The van der Waals surface area contributed by atoms with Gasteiger partial charge in [-0.1, -0.05) is 0 Å². The average Bonchev–Trinajstić information content (AvgIpc) is 2.12. The molecule has 1 nitrogen and oxygen atoms in total. The van der Waals surface area contributed by atoms with E-state index in [4.69, 9.17) is 4.42 Å². The van der Waals surface area contributed by atoms with E-state index in [0.717, 1.165) is 5.76 Å². The summed E-state index contributed by atoms with van der Waals surface area (Å²) in [6, 6.07) is 3.65. The fraction of sp³-hybridized carbons (Fsp3) is 0.200. The first-order valence-electron chi connectivity index (χ1n) is 2.20. The van der Waals surface area contributed by atoms with Crippen molar-refractivity contribution in [3.63, 3.8) is 0 Å². The molecular formula is C5H6OS2. The smallest absolute Gasteiger partial charge is 0.126 e. The van der Waals surface area contributed by atoms with Crippen molar-refractivity contribution in [2.24, 2.45) is 0 Å². The molecule has 3 heteroatoms. The largest absolute Gasteiger partial charge is 0.467 e.